The van der Waals surface area contributed by atoms with Gasteiger partial charge in [-0.1, -0.05) is 18.2 Å². The van der Waals surface area contributed by atoms with Crippen molar-refractivity contribution < 1.29 is 4.79 Å². The average molecular weight is 200 g/mol. The standard InChI is InChI=1S/C12H12N2O/c13-8-11(9-6-7-9)14-12(15)10-4-2-1-3-5-10/h1-5,9,11H,6-7H2,(H,14,15). The van der Waals surface area contributed by atoms with Crippen LogP contribution in [0.5, 0.6) is 0 Å². The van der Waals surface area contributed by atoms with Crippen molar-refractivity contribution >= 4 is 5.91 Å². The van der Waals surface area contributed by atoms with Gasteiger partial charge in [-0.2, -0.15) is 5.26 Å². The molecule has 3 nitrogen and oxygen atoms in total. The number of hydrogen-bond donors (Lipinski definition) is 1. The molecule has 1 aliphatic rings. The molecule has 1 aromatic rings. The highest BCUT2D eigenvalue weighted by molar-refractivity contribution is 5.94. The molecule has 2 rings (SSSR count). The highest BCUT2D eigenvalue weighted by atomic mass is 16.1. The van der Waals surface area contributed by atoms with Crippen LogP contribution in [0.4, 0.5) is 0 Å². The summed E-state index contributed by atoms with van der Waals surface area (Å²) in [6.07, 6.45) is 2.10. The Labute approximate surface area is 88.7 Å². The van der Waals surface area contributed by atoms with Gasteiger partial charge in [-0.05, 0) is 30.9 Å². The number of nitriles is 1. The first kappa shape index (κ1) is 9.72. The number of rotatable bonds is 3. The predicted octanol–water partition coefficient (Wildman–Crippen LogP) is 1.72. The Morgan fingerprint density at radius 3 is 2.60 bits per heavy atom. The SMILES string of the molecule is N#CC(NC(=O)c1ccccc1)C1CC1. The van der Waals surface area contributed by atoms with Gasteiger partial charge in [0.15, 0.2) is 0 Å². The molecule has 0 heterocycles. The number of hydrogen-bond acceptors (Lipinski definition) is 2. The topological polar surface area (TPSA) is 52.9 Å². The van der Waals surface area contributed by atoms with Crippen LogP contribution in [0.15, 0.2) is 30.3 Å². The first-order chi connectivity index (χ1) is 7.31. The van der Waals surface area contributed by atoms with Gasteiger partial charge in [0.25, 0.3) is 5.91 Å². The summed E-state index contributed by atoms with van der Waals surface area (Å²) in [5.41, 5.74) is 0.610. The van der Waals surface area contributed by atoms with E-state index in [4.69, 9.17) is 5.26 Å². The molecule has 1 saturated carbocycles. The molecule has 0 bridgehead atoms. The second kappa shape index (κ2) is 4.14. The van der Waals surface area contributed by atoms with E-state index in [1.54, 1.807) is 12.1 Å². The van der Waals surface area contributed by atoms with Crippen molar-refractivity contribution in [3.8, 4) is 6.07 Å². The smallest absolute Gasteiger partial charge is 0.252 e. The number of nitrogens with zero attached hydrogens (tertiary/aromatic N) is 1. The summed E-state index contributed by atoms with van der Waals surface area (Å²) >= 11 is 0. The summed E-state index contributed by atoms with van der Waals surface area (Å²) in [4.78, 5) is 11.7. The van der Waals surface area contributed by atoms with Crippen LogP contribution in [-0.4, -0.2) is 11.9 Å². The highest BCUT2D eigenvalue weighted by Crippen LogP contribution is 2.32. The summed E-state index contributed by atoms with van der Waals surface area (Å²) in [7, 11) is 0. The Morgan fingerprint density at radius 2 is 2.07 bits per heavy atom. The van der Waals surface area contributed by atoms with Gasteiger partial charge in [-0.25, -0.2) is 0 Å². The number of carbonyl (C=O) groups excluding carboxylic acids is 1. The summed E-state index contributed by atoms with van der Waals surface area (Å²) < 4.78 is 0. The molecule has 15 heavy (non-hydrogen) atoms. The fraction of sp³-hybridized carbons (Fsp3) is 0.333. The molecule has 1 aliphatic carbocycles. The molecule has 76 valence electrons. The van der Waals surface area contributed by atoms with Crippen molar-refractivity contribution in [1.29, 1.82) is 5.26 Å². The molecule has 3 heteroatoms. The van der Waals surface area contributed by atoms with E-state index >= 15 is 0 Å². The minimum atomic E-state index is -0.322. The quantitative estimate of drug-likeness (QED) is 0.807. The first-order valence-electron chi connectivity index (χ1n) is 5.07. The zero-order chi connectivity index (χ0) is 10.7. The molecule has 0 aromatic heterocycles. The second-order valence-electron chi connectivity index (χ2n) is 3.78. The fourth-order valence-electron chi connectivity index (χ4n) is 1.50. The van der Waals surface area contributed by atoms with Gasteiger partial charge in [0.05, 0.1) is 6.07 Å². The highest BCUT2D eigenvalue weighted by Gasteiger charge is 2.32. The molecule has 1 aromatic carbocycles. The maximum Gasteiger partial charge on any atom is 0.252 e. The summed E-state index contributed by atoms with van der Waals surface area (Å²) in [5.74, 6) is 0.205. The van der Waals surface area contributed by atoms with Crippen LogP contribution in [0.1, 0.15) is 23.2 Å². The van der Waals surface area contributed by atoms with E-state index in [1.165, 1.54) is 0 Å². The van der Waals surface area contributed by atoms with Gasteiger partial charge >= 0.3 is 0 Å². The number of amides is 1. The van der Waals surface area contributed by atoms with E-state index in [0.29, 0.717) is 11.5 Å². The van der Waals surface area contributed by atoms with Crippen LogP contribution in [-0.2, 0) is 0 Å². The third-order valence-electron chi connectivity index (χ3n) is 2.56. The lowest BCUT2D eigenvalue weighted by molar-refractivity contribution is 0.0942. The van der Waals surface area contributed by atoms with Crippen molar-refractivity contribution in [2.24, 2.45) is 5.92 Å². The Bertz CT molecular complexity index is 390. The maximum atomic E-state index is 11.7. The lowest BCUT2D eigenvalue weighted by atomic mass is 10.1. The molecular weight excluding hydrogens is 188 g/mol. The van der Waals surface area contributed by atoms with Crippen molar-refractivity contribution in [2.45, 2.75) is 18.9 Å². The average Bonchev–Trinajstić information content (AvgIpc) is 3.10. The number of carbonyl (C=O) groups is 1. The first-order valence-corrected chi connectivity index (χ1v) is 5.07. The molecular formula is C12H12N2O. The third-order valence-corrected chi connectivity index (χ3v) is 2.56. The van der Waals surface area contributed by atoms with E-state index < -0.39 is 0 Å². The zero-order valence-corrected chi connectivity index (χ0v) is 8.31. The molecule has 1 N–H and O–H groups in total. The van der Waals surface area contributed by atoms with E-state index in [0.717, 1.165) is 12.8 Å². The van der Waals surface area contributed by atoms with Crippen LogP contribution < -0.4 is 5.32 Å². The fourth-order valence-corrected chi connectivity index (χ4v) is 1.50. The molecule has 0 radical (unpaired) electrons. The van der Waals surface area contributed by atoms with Gasteiger partial charge in [-0.3, -0.25) is 4.79 Å². The summed E-state index contributed by atoms with van der Waals surface area (Å²) in [5, 5.41) is 11.6. The lowest BCUT2D eigenvalue weighted by Crippen LogP contribution is -2.35. The normalized spacial score (nSPS) is 16.5. The molecule has 0 saturated heterocycles. The molecule has 0 spiro atoms. The zero-order valence-electron chi connectivity index (χ0n) is 8.31. The largest absolute Gasteiger partial charge is 0.336 e. The second-order valence-corrected chi connectivity index (χ2v) is 3.78. The van der Waals surface area contributed by atoms with E-state index in [9.17, 15) is 4.79 Å². The van der Waals surface area contributed by atoms with Crippen molar-refractivity contribution in [3.05, 3.63) is 35.9 Å². The molecule has 1 atom stereocenters. The van der Waals surface area contributed by atoms with Crippen LogP contribution in [0.3, 0.4) is 0 Å². The maximum absolute atomic E-state index is 11.7. The summed E-state index contributed by atoms with van der Waals surface area (Å²) in [6, 6.07) is 10.8. The Balaban J connectivity index is 2.00. The van der Waals surface area contributed by atoms with Crippen molar-refractivity contribution in [3.63, 3.8) is 0 Å². The third kappa shape index (κ3) is 2.35. The Kier molecular flexibility index (Phi) is 2.68. The van der Waals surface area contributed by atoms with E-state index in [2.05, 4.69) is 11.4 Å². The van der Waals surface area contributed by atoms with Crippen molar-refractivity contribution in [1.82, 2.24) is 5.32 Å². The molecule has 0 aliphatic heterocycles. The van der Waals surface area contributed by atoms with Crippen molar-refractivity contribution in [2.75, 3.05) is 0 Å². The number of benzene rings is 1. The van der Waals surface area contributed by atoms with E-state index in [-0.39, 0.29) is 11.9 Å². The summed E-state index contributed by atoms with van der Waals surface area (Å²) in [6.45, 7) is 0. The van der Waals surface area contributed by atoms with Crippen LogP contribution in [0.25, 0.3) is 0 Å². The lowest BCUT2D eigenvalue weighted by Gasteiger charge is -2.09. The van der Waals surface area contributed by atoms with Gasteiger partial charge < -0.3 is 5.32 Å². The van der Waals surface area contributed by atoms with Gasteiger partial charge in [0.1, 0.15) is 6.04 Å². The Morgan fingerprint density at radius 1 is 1.40 bits per heavy atom. The van der Waals surface area contributed by atoms with Crippen LogP contribution >= 0.6 is 0 Å². The Hall–Kier alpha value is -1.82. The molecule has 1 unspecified atom stereocenters. The number of nitrogens with one attached hydrogen (secondary N) is 1. The minimum absolute atomic E-state index is 0.158. The molecule has 1 fully saturated rings. The molecule has 1 amide bonds. The minimum Gasteiger partial charge on any atom is -0.336 e. The monoisotopic (exact) mass is 200 g/mol. The van der Waals surface area contributed by atoms with Gasteiger partial charge in [-0.15, -0.1) is 0 Å². The predicted molar refractivity (Wildman–Crippen MR) is 56.0 cm³/mol. The van der Waals surface area contributed by atoms with Gasteiger partial charge in [0, 0.05) is 5.56 Å². The van der Waals surface area contributed by atoms with Crippen LogP contribution in [0, 0.1) is 17.2 Å². The van der Waals surface area contributed by atoms with Crippen LogP contribution in [0.2, 0.25) is 0 Å². The van der Waals surface area contributed by atoms with Gasteiger partial charge in [0.2, 0.25) is 0 Å². The van der Waals surface area contributed by atoms with E-state index in [1.807, 2.05) is 18.2 Å².